The lowest BCUT2D eigenvalue weighted by molar-refractivity contribution is -0.139. The van der Waals surface area contributed by atoms with Gasteiger partial charge in [0.1, 0.15) is 18.6 Å². The number of guanidine groups is 1. The SMILES string of the molecule is NC(N)=NCCC1NC(=O)N(CC(=O)NCC(NC(=O)c2ccc3ccccc3c2)C(=O)O)C1=O. The lowest BCUT2D eigenvalue weighted by atomic mass is 10.1. The van der Waals surface area contributed by atoms with Crippen molar-refractivity contribution in [2.45, 2.75) is 18.5 Å². The standard InChI is InChI=1S/C22H25N7O6/c23-21(24)25-8-7-15-19(32)29(22(35)28-15)11-17(30)26-10-16(20(33)34)27-18(31)14-6-5-12-3-1-2-4-13(12)9-14/h1-6,9,15-16H,7-8,10-11H2,(H,26,30)(H,27,31)(H,28,35)(H,33,34)(H4,23,24,25). The first kappa shape index (κ1) is 25.0. The topological polar surface area (TPSA) is 209 Å². The summed E-state index contributed by atoms with van der Waals surface area (Å²) in [5, 5.41) is 18.3. The molecule has 8 N–H and O–H groups in total. The van der Waals surface area contributed by atoms with Crippen LogP contribution >= 0.6 is 0 Å². The van der Waals surface area contributed by atoms with Crippen LogP contribution in [-0.4, -0.2) is 77.4 Å². The third-order valence-corrected chi connectivity index (χ3v) is 5.24. The van der Waals surface area contributed by atoms with Crippen molar-refractivity contribution in [1.82, 2.24) is 20.9 Å². The van der Waals surface area contributed by atoms with Crippen LogP contribution in [0, 0.1) is 0 Å². The molecule has 2 atom stereocenters. The minimum Gasteiger partial charge on any atom is -0.480 e. The number of amides is 5. The molecule has 0 saturated carbocycles. The number of aliphatic carboxylic acids is 1. The third kappa shape index (κ3) is 6.43. The van der Waals surface area contributed by atoms with Gasteiger partial charge in [-0.25, -0.2) is 9.59 Å². The summed E-state index contributed by atoms with van der Waals surface area (Å²) in [4.78, 5) is 65.3. The van der Waals surface area contributed by atoms with Crippen LogP contribution < -0.4 is 27.4 Å². The first-order valence-electron chi connectivity index (χ1n) is 10.6. The Bertz CT molecular complexity index is 1190. The highest BCUT2D eigenvalue weighted by Gasteiger charge is 2.38. The van der Waals surface area contributed by atoms with Crippen molar-refractivity contribution in [3.8, 4) is 0 Å². The van der Waals surface area contributed by atoms with E-state index in [2.05, 4.69) is 20.9 Å². The number of aliphatic imine (C=N–C) groups is 1. The molecule has 0 radical (unpaired) electrons. The maximum absolute atomic E-state index is 12.6. The van der Waals surface area contributed by atoms with E-state index < -0.39 is 54.9 Å². The molecule has 13 heteroatoms. The number of imide groups is 1. The average Bonchev–Trinajstić information content (AvgIpc) is 3.08. The van der Waals surface area contributed by atoms with Gasteiger partial charge in [-0.1, -0.05) is 30.3 Å². The Kier molecular flexibility index (Phi) is 7.81. The Labute approximate surface area is 199 Å². The van der Waals surface area contributed by atoms with Crippen molar-refractivity contribution in [1.29, 1.82) is 0 Å². The smallest absolute Gasteiger partial charge is 0.328 e. The average molecular weight is 483 g/mol. The molecule has 3 rings (SSSR count). The molecule has 0 aromatic heterocycles. The number of hydrogen-bond acceptors (Lipinski definition) is 6. The van der Waals surface area contributed by atoms with Crippen LogP contribution in [0.3, 0.4) is 0 Å². The number of fused-ring (bicyclic) bond motifs is 1. The number of rotatable bonds is 10. The molecule has 35 heavy (non-hydrogen) atoms. The van der Waals surface area contributed by atoms with E-state index >= 15 is 0 Å². The van der Waals surface area contributed by atoms with Gasteiger partial charge in [-0.3, -0.25) is 24.3 Å². The minimum absolute atomic E-state index is 0.107. The summed E-state index contributed by atoms with van der Waals surface area (Å²) < 4.78 is 0. The van der Waals surface area contributed by atoms with Gasteiger partial charge in [-0.15, -0.1) is 0 Å². The maximum atomic E-state index is 12.6. The molecule has 2 unspecified atom stereocenters. The molecule has 0 aliphatic carbocycles. The molecular formula is C22H25N7O6. The van der Waals surface area contributed by atoms with Gasteiger partial charge in [-0.2, -0.15) is 0 Å². The summed E-state index contributed by atoms with van der Waals surface area (Å²) in [5.41, 5.74) is 10.7. The van der Waals surface area contributed by atoms with Crippen molar-refractivity contribution in [3.05, 3.63) is 48.0 Å². The van der Waals surface area contributed by atoms with Crippen LogP contribution in [0.2, 0.25) is 0 Å². The van der Waals surface area contributed by atoms with Gasteiger partial charge in [0.05, 0.1) is 0 Å². The first-order valence-corrected chi connectivity index (χ1v) is 10.6. The summed E-state index contributed by atoms with van der Waals surface area (Å²) in [7, 11) is 0. The van der Waals surface area contributed by atoms with E-state index in [1.54, 1.807) is 18.2 Å². The number of nitrogens with two attached hydrogens (primary N) is 2. The number of carbonyl (C=O) groups excluding carboxylic acids is 4. The zero-order chi connectivity index (χ0) is 25.5. The highest BCUT2D eigenvalue weighted by atomic mass is 16.4. The van der Waals surface area contributed by atoms with Gasteiger partial charge in [0.25, 0.3) is 11.8 Å². The summed E-state index contributed by atoms with van der Waals surface area (Å²) >= 11 is 0. The number of carbonyl (C=O) groups is 5. The van der Waals surface area contributed by atoms with Crippen LogP contribution in [0.1, 0.15) is 16.8 Å². The van der Waals surface area contributed by atoms with E-state index in [1.165, 1.54) is 0 Å². The van der Waals surface area contributed by atoms with Crippen LogP contribution in [0.5, 0.6) is 0 Å². The van der Waals surface area contributed by atoms with Crippen molar-refractivity contribution < 1.29 is 29.1 Å². The molecule has 1 aliphatic rings. The van der Waals surface area contributed by atoms with Gasteiger partial charge in [0, 0.05) is 18.7 Å². The molecule has 5 amide bonds. The van der Waals surface area contributed by atoms with Crippen LogP contribution in [0.15, 0.2) is 47.5 Å². The molecule has 1 aliphatic heterocycles. The Hall–Kier alpha value is -4.68. The zero-order valence-corrected chi connectivity index (χ0v) is 18.6. The molecule has 0 spiro atoms. The molecule has 1 saturated heterocycles. The highest BCUT2D eigenvalue weighted by molar-refractivity contribution is 6.06. The number of urea groups is 1. The fourth-order valence-electron chi connectivity index (χ4n) is 3.43. The van der Waals surface area contributed by atoms with Crippen molar-refractivity contribution in [3.63, 3.8) is 0 Å². The van der Waals surface area contributed by atoms with Crippen LogP contribution in [0.4, 0.5) is 4.79 Å². The maximum Gasteiger partial charge on any atom is 0.328 e. The molecule has 13 nitrogen and oxygen atoms in total. The largest absolute Gasteiger partial charge is 0.480 e. The zero-order valence-electron chi connectivity index (χ0n) is 18.6. The summed E-state index contributed by atoms with van der Waals surface area (Å²) in [6.07, 6.45) is 0.141. The Morgan fingerprint density at radius 1 is 1.11 bits per heavy atom. The summed E-state index contributed by atoms with van der Waals surface area (Å²) in [6.45, 7) is -0.963. The normalized spacial score (nSPS) is 15.9. The second-order valence-electron chi connectivity index (χ2n) is 7.75. The molecule has 0 bridgehead atoms. The number of nitrogens with one attached hydrogen (secondary N) is 3. The lowest BCUT2D eigenvalue weighted by Crippen LogP contribution is -2.50. The number of hydrogen-bond donors (Lipinski definition) is 6. The monoisotopic (exact) mass is 483 g/mol. The number of benzene rings is 2. The van der Waals surface area contributed by atoms with Gasteiger partial charge in [-0.05, 0) is 29.3 Å². The third-order valence-electron chi connectivity index (χ3n) is 5.24. The Balaban J connectivity index is 1.54. The molecule has 1 fully saturated rings. The Morgan fingerprint density at radius 2 is 1.83 bits per heavy atom. The lowest BCUT2D eigenvalue weighted by Gasteiger charge is -2.17. The number of carboxylic acid groups (broad SMARTS) is 1. The fraction of sp³-hybridized carbons (Fsp3) is 0.273. The predicted molar refractivity (Wildman–Crippen MR) is 125 cm³/mol. The van der Waals surface area contributed by atoms with Crippen LogP contribution in [-0.2, 0) is 14.4 Å². The van der Waals surface area contributed by atoms with Crippen molar-refractivity contribution in [2.75, 3.05) is 19.6 Å². The van der Waals surface area contributed by atoms with Crippen molar-refractivity contribution in [2.24, 2.45) is 16.5 Å². The second kappa shape index (κ2) is 11.0. The summed E-state index contributed by atoms with van der Waals surface area (Å²) in [5.74, 6) is -3.55. The fourth-order valence-corrected chi connectivity index (χ4v) is 3.43. The molecule has 1 heterocycles. The van der Waals surface area contributed by atoms with E-state index in [4.69, 9.17) is 11.5 Å². The first-order chi connectivity index (χ1) is 16.7. The van der Waals surface area contributed by atoms with Gasteiger partial charge in [0.2, 0.25) is 5.91 Å². The molecule has 2 aromatic carbocycles. The summed E-state index contributed by atoms with van der Waals surface area (Å²) in [6, 6.07) is 9.23. The van der Waals surface area contributed by atoms with E-state index in [1.807, 2.05) is 24.3 Å². The van der Waals surface area contributed by atoms with Crippen molar-refractivity contribution >= 4 is 46.5 Å². The van der Waals surface area contributed by atoms with E-state index in [-0.39, 0.29) is 24.5 Å². The van der Waals surface area contributed by atoms with E-state index in [0.29, 0.717) is 4.90 Å². The predicted octanol–water partition coefficient (Wildman–Crippen LogP) is -1.28. The number of carboxylic acids is 1. The quantitative estimate of drug-likeness (QED) is 0.136. The van der Waals surface area contributed by atoms with E-state index in [9.17, 15) is 29.1 Å². The molecule has 2 aromatic rings. The van der Waals surface area contributed by atoms with Gasteiger partial charge >= 0.3 is 12.0 Å². The molecular weight excluding hydrogens is 458 g/mol. The van der Waals surface area contributed by atoms with Gasteiger partial charge in [0.15, 0.2) is 5.96 Å². The van der Waals surface area contributed by atoms with Gasteiger partial charge < -0.3 is 32.5 Å². The van der Waals surface area contributed by atoms with E-state index in [0.717, 1.165) is 10.8 Å². The second-order valence-corrected chi connectivity index (χ2v) is 7.75. The number of nitrogens with zero attached hydrogens (tertiary/aromatic N) is 2. The minimum atomic E-state index is -1.44. The highest BCUT2D eigenvalue weighted by Crippen LogP contribution is 2.15. The molecule has 184 valence electrons. The Morgan fingerprint density at radius 3 is 2.51 bits per heavy atom. The van der Waals surface area contributed by atoms with Crippen LogP contribution in [0.25, 0.3) is 10.8 Å².